The highest BCUT2D eigenvalue weighted by molar-refractivity contribution is 5.83. The van der Waals surface area contributed by atoms with Gasteiger partial charge in [0.25, 0.3) is 5.91 Å². The average molecular weight is 150 g/mol. The number of amides is 1. The van der Waals surface area contributed by atoms with E-state index in [2.05, 4.69) is 0 Å². The van der Waals surface area contributed by atoms with E-state index >= 15 is 0 Å². The Bertz CT molecular complexity index is 273. The quantitative estimate of drug-likeness (QED) is 0.564. The lowest BCUT2D eigenvalue weighted by atomic mass is 10.1. The first-order chi connectivity index (χ1) is 5.25. The van der Waals surface area contributed by atoms with Gasteiger partial charge in [-0.25, -0.2) is 0 Å². The van der Waals surface area contributed by atoms with Gasteiger partial charge in [-0.15, -0.1) is 0 Å². The summed E-state index contributed by atoms with van der Waals surface area (Å²) in [5.41, 5.74) is 5.18. The zero-order valence-corrected chi connectivity index (χ0v) is 5.65. The molecule has 0 aliphatic carbocycles. The second-order valence-electron chi connectivity index (χ2n) is 1.98. The monoisotopic (exact) mass is 150 g/mol. The van der Waals surface area contributed by atoms with Crippen molar-refractivity contribution in [2.24, 2.45) is 5.73 Å². The van der Waals surface area contributed by atoms with Gasteiger partial charge in [-0.05, 0) is 12.2 Å². The number of carbonyl (C=O) groups excluding carboxylic acids is 1. The van der Waals surface area contributed by atoms with Crippen molar-refractivity contribution in [3.63, 3.8) is 0 Å². The summed E-state index contributed by atoms with van der Waals surface area (Å²) in [5.74, 6) is -0.651. The van der Waals surface area contributed by atoms with Gasteiger partial charge in [0.2, 0.25) is 6.10 Å². The molecule has 0 saturated carbocycles. The van der Waals surface area contributed by atoms with Crippen molar-refractivity contribution in [2.75, 3.05) is 0 Å². The Morgan fingerprint density at radius 2 is 2.55 bits per heavy atom. The number of ether oxygens (including phenoxy) is 1. The molecule has 0 radical (unpaired) electrons. The first-order valence-corrected chi connectivity index (χ1v) is 2.97. The Kier molecular flexibility index (Phi) is 1.93. The lowest BCUT2D eigenvalue weighted by Gasteiger charge is -2.13. The van der Waals surface area contributed by atoms with Crippen molar-refractivity contribution in [1.29, 1.82) is 5.26 Å². The molecular formula is C7H6N2O2. The Hall–Kier alpha value is -1.76. The Morgan fingerprint density at radius 3 is 3.00 bits per heavy atom. The van der Waals surface area contributed by atoms with Crippen molar-refractivity contribution < 1.29 is 9.53 Å². The molecule has 0 aromatic rings. The summed E-state index contributed by atoms with van der Waals surface area (Å²) in [6.07, 6.45) is 3.46. The van der Waals surface area contributed by atoms with Crippen LogP contribution in [0.15, 0.2) is 24.0 Å². The smallest absolute Gasteiger partial charge is 0.263 e. The van der Waals surface area contributed by atoms with E-state index in [9.17, 15) is 4.79 Å². The molecule has 0 saturated heterocycles. The number of nitriles is 1. The number of primary amides is 1. The third kappa shape index (κ3) is 1.38. The van der Waals surface area contributed by atoms with Crippen molar-refractivity contribution in [3.8, 4) is 6.07 Å². The molecule has 1 aliphatic heterocycles. The van der Waals surface area contributed by atoms with Gasteiger partial charge in [0, 0.05) is 0 Å². The minimum Gasteiger partial charge on any atom is -0.483 e. The van der Waals surface area contributed by atoms with Gasteiger partial charge in [0.05, 0.1) is 17.9 Å². The lowest BCUT2D eigenvalue weighted by Crippen LogP contribution is -2.32. The van der Waals surface area contributed by atoms with E-state index in [0.29, 0.717) is 0 Å². The topological polar surface area (TPSA) is 76.1 Å². The third-order valence-corrected chi connectivity index (χ3v) is 1.24. The molecule has 1 aliphatic rings. The molecule has 1 heterocycles. The predicted octanol–water partition coefficient (Wildman–Crippen LogP) is -0.166. The van der Waals surface area contributed by atoms with Gasteiger partial charge in [0.1, 0.15) is 0 Å². The van der Waals surface area contributed by atoms with Gasteiger partial charge < -0.3 is 10.5 Å². The summed E-state index contributed by atoms with van der Waals surface area (Å²) in [7, 11) is 0. The highest BCUT2D eigenvalue weighted by Gasteiger charge is 2.21. The second kappa shape index (κ2) is 2.88. The molecular weight excluding hydrogens is 144 g/mol. The van der Waals surface area contributed by atoms with Crippen LogP contribution < -0.4 is 5.73 Å². The molecule has 0 fully saturated rings. The fraction of sp³-hybridized carbons (Fsp3) is 0.143. The fourth-order valence-corrected chi connectivity index (χ4v) is 0.744. The van der Waals surface area contributed by atoms with Crippen molar-refractivity contribution in [2.45, 2.75) is 6.10 Å². The Morgan fingerprint density at radius 1 is 1.82 bits per heavy atom. The fourth-order valence-electron chi connectivity index (χ4n) is 0.744. The van der Waals surface area contributed by atoms with Crippen LogP contribution in [0.3, 0.4) is 0 Å². The number of hydrogen-bond acceptors (Lipinski definition) is 3. The van der Waals surface area contributed by atoms with Crippen LogP contribution in [0.25, 0.3) is 0 Å². The van der Waals surface area contributed by atoms with Crippen LogP contribution in [0.2, 0.25) is 0 Å². The van der Waals surface area contributed by atoms with Crippen LogP contribution in [-0.4, -0.2) is 12.0 Å². The number of carbonyl (C=O) groups is 1. The van der Waals surface area contributed by atoms with E-state index < -0.39 is 12.0 Å². The minimum atomic E-state index is -0.912. The highest BCUT2D eigenvalue weighted by atomic mass is 16.5. The van der Waals surface area contributed by atoms with Crippen molar-refractivity contribution >= 4 is 5.91 Å². The third-order valence-electron chi connectivity index (χ3n) is 1.24. The van der Waals surface area contributed by atoms with Gasteiger partial charge >= 0.3 is 0 Å². The highest BCUT2D eigenvalue weighted by Crippen LogP contribution is 2.10. The van der Waals surface area contributed by atoms with Gasteiger partial charge in [-0.2, -0.15) is 5.26 Å². The molecule has 4 nitrogen and oxygen atoms in total. The summed E-state index contributed by atoms with van der Waals surface area (Å²) >= 11 is 0. The molecule has 56 valence electrons. The maximum Gasteiger partial charge on any atom is 0.263 e. The molecule has 1 rings (SSSR count). The van der Waals surface area contributed by atoms with Crippen molar-refractivity contribution in [3.05, 3.63) is 24.0 Å². The van der Waals surface area contributed by atoms with E-state index in [1.165, 1.54) is 18.4 Å². The van der Waals surface area contributed by atoms with E-state index in [4.69, 9.17) is 15.7 Å². The van der Waals surface area contributed by atoms with Gasteiger partial charge in [-0.3, -0.25) is 4.79 Å². The first kappa shape index (κ1) is 7.35. The summed E-state index contributed by atoms with van der Waals surface area (Å²) in [6.45, 7) is 0. The molecule has 0 bridgehead atoms. The molecule has 0 spiro atoms. The van der Waals surface area contributed by atoms with Crippen LogP contribution in [-0.2, 0) is 9.53 Å². The maximum absolute atomic E-state index is 10.6. The standard InChI is InChI=1S/C7H6N2O2/c8-4-5-2-1-3-11-6(5)7(9)10/h1-3,6H,(H2,9,10). The van der Waals surface area contributed by atoms with Crippen LogP contribution in [0.4, 0.5) is 0 Å². The molecule has 1 atom stereocenters. The molecule has 1 amide bonds. The van der Waals surface area contributed by atoms with E-state index in [1.54, 1.807) is 0 Å². The first-order valence-electron chi connectivity index (χ1n) is 2.97. The zero-order chi connectivity index (χ0) is 8.27. The molecule has 11 heavy (non-hydrogen) atoms. The maximum atomic E-state index is 10.6. The van der Waals surface area contributed by atoms with Gasteiger partial charge in [0.15, 0.2) is 0 Å². The number of rotatable bonds is 1. The molecule has 2 N–H and O–H groups in total. The van der Waals surface area contributed by atoms with E-state index in [0.717, 1.165) is 0 Å². The molecule has 4 heteroatoms. The lowest BCUT2D eigenvalue weighted by molar-refractivity contribution is -0.124. The second-order valence-corrected chi connectivity index (χ2v) is 1.98. The van der Waals surface area contributed by atoms with E-state index in [1.807, 2.05) is 6.07 Å². The Labute approximate surface area is 63.6 Å². The zero-order valence-electron chi connectivity index (χ0n) is 5.65. The number of nitrogens with two attached hydrogens (primary N) is 1. The SMILES string of the molecule is N#CC1=CC=COC1C(N)=O. The van der Waals surface area contributed by atoms with Crippen LogP contribution in [0.1, 0.15) is 0 Å². The normalized spacial score (nSPS) is 21.4. The van der Waals surface area contributed by atoms with Gasteiger partial charge in [-0.1, -0.05) is 0 Å². The van der Waals surface area contributed by atoms with E-state index in [-0.39, 0.29) is 5.57 Å². The minimum absolute atomic E-state index is 0.236. The Balaban J connectivity index is 2.86. The largest absolute Gasteiger partial charge is 0.483 e. The molecule has 0 aromatic heterocycles. The van der Waals surface area contributed by atoms with Crippen LogP contribution in [0.5, 0.6) is 0 Å². The number of allylic oxidation sites excluding steroid dienone is 2. The molecule has 0 aromatic carbocycles. The number of nitrogens with zero attached hydrogens (tertiary/aromatic N) is 1. The summed E-state index contributed by atoms with van der Waals surface area (Å²) in [6, 6.07) is 1.82. The van der Waals surface area contributed by atoms with Crippen LogP contribution >= 0.6 is 0 Å². The molecule has 1 unspecified atom stereocenters. The summed E-state index contributed by atoms with van der Waals surface area (Å²) in [5, 5.41) is 8.47. The van der Waals surface area contributed by atoms with Crippen molar-refractivity contribution in [1.82, 2.24) is 0 Å². The number of hydrogen-bond donors (Lipinski definition) is 1. The summed E-state index contributed by atoms with van der Waals surface area (Å²) < 4.78 is 4.80. The average Bonchev–Trinajstić information content (AvgIpc) is 2.04. The van der Waals surface area contributed by atoms with Crippen LogP contribution in [0, 0.1) is 11.3 Å². The predicted molar refractivity (Wildman–Crippen MR) is 36.9 cm³/mol. The summed E-state index contributed by atoms with van der Waals surface area (Å²) in [4.78, 5) is 10.6.